The van der Waals surface area contributed by atoms with E-state index in [1.165, 1.54) is 111 Å². The summed E-state index contributed by atoms with van der Waals surface area (Å²) in [6, 6.07) is 59.7. The van der Waals surface area contributed by atoms with Gasteiger partial charge in [-0.2, -0.15) is 0 Å². The molecule has 0 N–H and O–H groups in total. The second-order valence-corrected chi connectivity index (χ2v) is 23.2. The third-order valence-corrected chi connectivity index (χ3v) is 21.4. The number of benzene rings is 7. The molecule has 8 aliphatic rings. The number of hydrogen-bond acceptors (Lipinski definition) is 2. The van der Waals surface area contributed by atoms with Crippen LogP contribution in [-0.2, 0) is 10.8 Å². The summed E-state index contributed by atoms with van der Waals surface area (Å²) in [5.74, 6) is 1.38. The minimum absolute atomic E-state index is 0.0292. The van der Waals surface area contributed by atoms with Crippen molar-refractivity contribution in [1.29, 1.82) is 0 Å². The SMILES string of the molecule is CC1(C)C2CCC1(C)[C@@]1(C2)c2ccccc2-c2c1ccc1c2B2c3ccccc3N(c3ccccc3)c3c2c(cc2c3-c3ccccc3C23C[C@@H]2CCC3(C)C2(C)C)N1c1ccccc1. The van der Waals surface area contributed by atoms with Crippen molar-refractivity contribution in [3.05, 3.63) is 174 Å². The molecule has 15 rings (SSSR count). The Morgan fingerprint density at radius 1 is 0.446 bits per heavy atom. The molecule has 4 unspecified atom stereocenters. The molecule has 318 valence electrons. The van der Waals surface area contributed by atoms with E-state index < -0.39 is 0 Å². The lowest BCUT2D eigenvalue weighted by atomic mass is 9.32. The third kappa shape index (κ3) is 3.86. The Labute approximate surface area is 385 Å². The molecule has 65 heavy (non-hydrogen) atoms. The first kappa shape index (κ1) is 37.4. The Kier molecular flexibility index (Phi) is 6.78. The van der Waals surface area contributed by atoms with Crippen molar-refractivity contribution in [3.8, 4) is 22.3 Å². The molecule has 7 aromatic carbocycles. The fourth-order valence-electron chi connectivity index (χ4n) is 17.8. The largest absolute Gasteiger partial charge is 0.311 e. The summed E-state index contributed by atoms with van der Waals surface area (Å²) in [5.41, 5.74) is 24.9. The van der Waals surface area contributed by atoms with E-state index in [4.69, 9.17) is 0 Å². The molecular formula is C62H57BN2. The van der Waals surface area contributed by atoms with Gasteiger partial charge in [0, 0.05) is 44.8 Å². The van der Waals surface area contributed by atoms with Gasteiger partial charge in [0.2, 0.25) is 0 Å². The summed E-state index contributed by atoms with van der Waals surface area (Å²) in [6.45, 7) is 15.8. The summed E-state index contributed by atoms with van der Waals surface area (Å²) in [5, 5.41) is 0. The molecule has 2 heterocycles. The first-order valence-electron chi connectivity index (χ1n) is 24.9. The maximum atomic E-state index is 2.76. The predicted octanol–water partition coefficient (Wildman–Crippen LogP) is 14.0. The summed E-state index contributed by atoms with van der Waals surface area (Å²) in [4.78, 5) is 5.42. The topological polar surface area (TPSA) is 6.48 Å². The molecule has 6 aliphatic carbocycles. The van der Waals surface area contributed by atoms with Gasteiger partial charge in [0.15, 0.2) is 0 Å². The molecule has 0 saturated heterocycles. The molecule has 4 bridgehead atoms. The summed E-state index contributed by atoms with van der Waals surface area (Å²) < 4.78 is 0. The van der Waals surface area contributed by atoms with Gasteiger partial charge in [-0.15, -0.1) is 0 Å². The number of hydrogen-bond donors (Lipinski definition) is 0. The molecule has 7 aromatic rings. The quantitative estimate of drug-likeness (QED) is 0.160. The monoisotopic (exact) mass is 840 g/mol. The Hall–Kier alpha value is -5.80. The van der Waals surface area contributed by atoms with Crippen molar-refractivity contribution < 1.29 is 0 Å². The van der Waals surface area contributed by atoms with Gasteiger partial charge in [0.1, 0.15) is 0 Å². The summed E-state index contributed by atoms with van der Waals surface area (Å²) in [7, 11) is 0. The standard InChI is InChI=1S/C62H57BN2/c1-57(2)38-31-33-59(57,5)61(36-38)44-25-15-13-23-42(44)52-46(61)29-30-50-54(52)63-48-27-17-18-28-49(48)65(41-21-11-8-12-22-41)56-53-43-24-14-16-26-45(43)62(37-39-32-34-60(62,6)58(39,3)4)47(53)35-51(55(56)63)64(50)40-19-9-7-10-20-40/h7-30,35,38-39H,31-34,36-37H2,1-6H3/t38?,39-,59?,60?,61-,62?/m0/s1. The lowest BCUT2D eigenvalue weighted by Gasteiger charge is -2.50. The van der Waals surface area contributed by atoms with Crippen LogP contribution in [-0.4, -0.2) is 6.71 Å². The van der Waals surface area contributed by atoms with E-state index in [-0.39, 0.29) is 39.2 Å². The molecule has 3 heteroatoms. The van der Waals surface area contributed by atoms with Crippen LogP contribution in [0.4, 0.5) is 34.1 Å². The molecular weight excluding hydrogens is 784 g/mol. The van der Waals surface area contributed by atoms with Crippen LogP contribution in [0.2, 0.25) is 0 Å². The first-order valence-corrected chi connectivity index (χ1v) is 24.9. The lowest BCUT2D eigenvalue weighted by molar-refractivity contribution is 0.0990. The van der Waals surface area contributed by atoms with E-state index in [0.29, 0.717) is 11.8 Å². The van der Waals surface area contributed by atoms with E-state index >= 15 is 0 Å². The second kappa shape index (κ2) is 11.8. The molecule has 2 spiro atoms. The molecule has 0 aromatic heterocycles. The van der Waals surface area contributed by atoms with Gasteiger partial charge in [-0.3, -0.25) is 0 Å². The minimum Gasteiger partial charge on any atom is -0.311 e. The lowest BCUT2D eigenvalue weighted by Crippen LogP contribution is -2.62. The van der Waals surface area contributed by atoms with Crippen LogP contribution >= 0.6 is 0 Å². The van der Waals surface area contributed by atoms with Gasteiger partial charge < -0.3 is 9.80 Å². The Bertz CT molecular complexity index is 3260. The van der Waals surface area contributed by atoms with Crippen molar-refractivity contribution in [2.75, 3.05) is 9.80 Å². The van der Waals surface area contributed by atoms with Gasteiger partial charge in [-0.1, -0.05) is 151 Å². The molecule has 4 saturated carbocycles. The van der Waals surface area contributed by atoms with Crippen molar-refractivity contribution in [3.63, 3.8) is 0 Å². The zero-order chi connectivity index (χ0) is 43.6. The van der Waals surface area contributed by atoms with Crippen LogP contribution in [0.1, 0.15) is 102 Å². The Morgan fingerprint density at radius 3 is 1.55 bits per heavy atom. The van der Waals surface area contributed by atoms with E-state index in [1.807, 2.05) is 0 Å². The van der Waals surface area contributed by atoms with Gasteiger partial charge in [0.25, 0.3) is 6.71 Å². The highest BCUT2D eigenvalue weighted by Gasteiger charge is 2.73. The van der Waals surface area contributed by atoms with Crippen molar-refractivity contribution in [1.82, 2.24) is 0 Å². The maximum Gasteiger partial charge on any atom is 0.252 e. The summed E-state index contributed by atoms with van der Waals surface area (Å²) in [6.07, 6.45) is 7.63. The Balaban J connectivity index is 1.13. The number of para-hydroxylation sites is 3. The van der Waals surface area contributed by atoms with Crippen LogP contribution in [0.15, 0.2) is 152 Å². The van der Waals surface area contributed by atoms with Crippen LogP contribution in [0.25, 0.3) is 22.3 Å². The summed E-state index contributed by atoms with van der Waals surface area (Å²) >= 11 is 0. The average Bonchev–Trinajstić information content (AvgIpc) is 4.03. The van der Waals surface area contributed by atoms with Gasteiger partial charge in [-0.05, 0) is 170 Å². The smallest absolute Gasteiger partial charge is 0.252 e. The number of rotatable bonds is 2. The van der Waals surface area contributed by atoms with Crippen LogP contribution in [0.5, 0.6) is 0 Å². The normalized spacial score (nSPS) is 30.0. The van der Waals surface area contributed by atoms with Crippen molar-refractivity contribution in [2.24, 2.45) is 33.5 Å². The molecule has 0 amide bonds. The minimum atomic E-state index is -0.0956. The molecule has 4 fully saturated rings. The molecule has 2 aliphatic heterocycles. The van der Waals surface area contributed by atoms with Gasteiger partial charge >= 0.3 is 0 Å². The highest BCUT2D eigenvalue weighted by molar-refractivity contribution is 7.01. The highest BCUT2D eigenvalue weighted by atomic mass is 15.2. The number of fused-ring (bicyclic) bond motifs is 22. The molecule has 2 nitrogen and oxygen atoms in total. The third-order valence-electron chi connectivity index (χ3n) is 21.4. The van der Waals surface area contributed by atoms with Gasteiger partial charge in [0.05, 0.1) is 5.69 Å². The first-order chi connectivity index (χ1) is 31.5. The second-order valence-electron chi connectivity index (χ2n) is 23.2. The number of anilines is 6. The number of nitrogens with zero attached hydrogens (tertiary/aromatic N) is 2. The van der Waals surface area contributed by atoms with Gasteiger partial charge in [-0.25, -0.2) is 0 Å². The molecule has 6 atom stereocenters. The van der Waals surface area contributed by atoms with E-state index in [2.05, 4.69) is 203 Å². The fraction of sp³-hybridized carbons (Fsp3) is 0.323. The Morgan fingerprint density at radius 2 is 0.969 bits per heavy atom. The van der Waals surface area contributed by atoms with Crippen LogP contribution in [0.3, 0.4) is 0 Å². The zero-order valence-corrected chi connectivity index (χ0v) is 38.8. The van der Waals surface area contributed by atoms with Crippen molar-refractivity contribution in [2.45, 2.75) is 90.9 Å². The van der Waals surface area contributed by atoms with Crippen molar-refractivity contribution >= 4 is 57.2 Å². The fourth-order valence-corrected chi connectivity index (χ4v) is 17.8. The van der Waals surface area contributed by atoms with E-state index in [1.54, 1.807) is 22.3 Å². The van der Waals surface area contributed by atoms with E-state index in [9.17, 15) is 0 Å². The highest BCUT2D eigenvalue weighted by Crippen LogP contribution is 2.80. The molecule has 0 radical (unpaired) electrons. The maximum absolute atomic E-state index is 2.76. The average molecular weight is 841 g/mol. The van der Waals surface area contributed by atoms with E-state index in [0.717, 1.165) is 0 Å². The zero-order valence-electron chi connectivity index (χ0n) is 38.8. The van der Waals surface area contributed by atoms with Crippen LogP contribution < -0.4 is 26.2 Å². The van der Waals surface area contributed by atoms with Crippen LogP contribution in [0, 0.1) is 33.5 Å². The predicted molar refractivity (Wildman–Crippen MR) is 271 cm³/mol.